The summed E-state index contributed by atoms with van der Waals surface area (Å²) in [5, 5.41) is 3.99. The van der Waals surface area contributed by atoms with Crippen molar-refractivity contribution in [3.63, 3.8) is 0 Å². The Kier molecular flexibility index (Phi) is 5.09. The maximum absolute atomic E-state index is 6.21. The topological polar surface area (TPSA) is 74.2 Å². The van der Waals surface area contributed by atoms with Crippen LogP contribution in [0.5, 0.6) is 0 Å². The molecule has 21 heavy (non-hydrogen) atoms. The molecule has 1 heterocycles. The molecule has 2 rings (SSSR count). The summed E-state index contributed by atoms with van der Waals surface area (Å²) >= 11 is 0. The first-order chi connectivity index (χ1) is 10.1. The second-order valence-corrected chi connectivity index (χ2v) is 5.44. The lowest BCUT2D eigenvalue weighted by Crippen LogP contribution is -2.39. The number of aryl methyl sites for hydroxylation is 1. The predicted octanol–water partition coefficient (Wildman–Crippen LogP) is 2.90. The second kappa shape index (κ2) is 6.83. The van der Waals surface area contributed by atoms with Gasteiger partial charge in [-0.1, -0.05) is 31.1 Å². The van der Waals surface area contributed by atoms with Crippen molar-refractivity contribution in [2.24, 2.45) is 5.73 Å². The molecule has 2 aromatic rings. The van der Waals surface area contributed by atoms with E-state index < -0.39 is 5.54 Å². The minimum absolute atomic E-state index is 0.370. The summed E-state index contributed by atoms with van der Waals surface area (Å²) in [6.45, 7) is 7.07. The molecule has 0 bridgehead atoms. The average molecular weight is 289 g/mol. The molecule has 0 spiro atoms. The van der Waals surface area contributed by atoms with Crippen LogP contribution >= 0.6 is 0 Å². The summed E-state index contributed by atoms with van der Waals surface area (Å²) in [6, 6.07) is 8.09. The molecule has 2 N–H and O–H groups in total. The highest BCUT2D eigenvalue weighted by Crippen LogP contribution is 2.22. The highest BCUT2D eigenvalue weighted by Gasteiger charge is 2.28. The summed E-state index contributed by atoms with van der Waals surface area (Å²) in [4.78, 5) is 4.40. The summed E-state index contributed by atoms with van der Waals surface area (Å²) in [5.74, 6) is 0.952. The van der Waals surface area contributed by atoms with E-state index in [1.807, 2.05) is 19.1 Å². The Morgan fingerprint density at radius 2 is 1.95 bits per heavy atom. The normalized spacial score (nSPS) is 14.1. The van der Waals surface area contributed by atoms with Crippen molar-refractivity contribution in [3.8, 4) is 11.5 Å². The summed E-state index contributed by atoms with van der Waals surface area (Å²) in [7, 11) is 0. The van der Waals surface area contributed by atoms with E-state index in [1.54, 1.807) is 0 Å². The van der Waals surface area contributed by atoms with Crippen LogP contribution in [-0.2, 0) is 16.7 Å². The van der Waals surface area contributed by atoms with Crippen molar-refractivity contribution in [1.82, 2.24) is 10.1 Å². The van der Waals surface area contributed by atoms with E-state index in [2.05, 4.69) is 36.1 Å². The number of hydrogen-bond donors (Lipinski definition) is 1. The molecule has 5 nitrogen and oxygen atoms in total. The van der Waals surface area contributed by atoms with Gasteiger partial charge in [0, 0.05) is 12.2 Å². The molecular formula is C16H23N3O2. The molecule has 1 aromatic heterocycles. The molecule has 0 fully saturated rings. The van der Waals surface area contributed by atoms with Crippen LogP contribution in [0.3, 0.4) is 0 Å². The van der Waals surface area contributed by atoms with Crippen LogP contribution in [0.25, 0.3) is 11.5 Å². The first kappa shape index (κ1) is 15.7. The molecule has 5 heteroatoms. The Balaban J connectivity index is 2.12. The predicted molar refractivity (Wildman–Crippen MR) is 81.8 cm³/mol. The molecule has 0 aliphatic carbocycles. The van der Waals surface area contributed by atoms with Crippen LogP contribution in [0.15, 0.2) is 28.8 Å². The fourth-order valence-corrected chi connectivity index (χ4v) is 1.95. The van der Waals surface area contributed by atoms with Gasteiger partial charge in [0.15, 0.2) is 5.82 Å². The van der Waals surface area contributed by atoms with E-state index in [0.29, 0.717) is 24.9 Å². The molecule has 0 aliphatic heterocycles. The van der Waals surface area contributed by atoms with Crippen molar-refractivity contribution >= 4 is 0 Å². The number of benzene rings is 1. The van der Waals surface area contributed by atoms with Gasteiger partial charge in [-0.3, -0.25) is 0 Å². The van der Waals surface area contributed by atoms with Crippen LogP contribution in [0.4, 0.5) is 0 Å². The smallest absolute Gasteiger partial charge is 0.257 e. The summed E-state index contributed by atoms with van der Waals surface area (Å²) in [5.41, 5.74) is 7.63. The monoisotopic (exact) mass is 289 g/mol. The third-order valence-electron chi connectivity index (χ3n) is 3.30. The van der Waals surface area contributed by atoms with Gasteiger partial charge in [0.2, 0.25) is 0 Å². The number of ether oxygens (including phenoxy) is 1. The Bertz CT molecular complexity index is 561. The van der Waals surface area contributed by atoms with Crippen molar-refractivity contribution in [2.75, 3.05) is 13.2 Å². The SMILES string of the molecule is CCCOCC(C)(N)c1noc(-c2ccc(CC)cc2)n1. The van der Waals surface area contributed by atoms with Gasteiger partial charge in [0.05, 0.1) is 6.61 Å². The van der Waals surface area contributed by atoms with Gasteiger partial charge in [-0.2, -0.15) is 4.98 Å². The van der Waals surface area contributed by atoms with E-state index in [0.717, 1.165) is 18.4 Å². The maximum Gasteiger partial charge on any atom is 0.257 e. The van der Waals surface area contributed by atoms with Crippen LogP contribution in [0.2, 0.25) is 0 Å². The van der Waals surface area contributed by atoms with Gasteiger partial charge in [0.25, 0.3) is 5.89 Å². The zero-order valence-corrected chi connectivity index (χ0v) is 12.9. The van der Waals surface area contributed by atoms with Crippen LogP contribution < -0.4 is 5.73 Å². The lowest BCUT2D eigenvalue weighted by Gasteiger charge is -2.19. The quantitative estimate of drug-likeness (QED) is 0.793. The number of nitrogens with zero attached hydrogens (tertiary/aromatic N) is 2. The highest BCUT2D eigenvalue weighted by atomic mass is 16.5. The molecule has 1 unspecified atom stereocenters. The van der Waals surface area contributed by atoms with Crippen molar-refractivity contribution in [2.45, 2.75) is 39.2 Å². The molecule has 1 atom stereocenters. The maximum atomic E-state index is 6.21. The zero-order chi connectivity index (χ0) is 15.3. The Hall–Kier alpha value is -1.72. The van der Waals surface area contributed by atoms with E-state index in [-0.39, 0.29) is 0 Å². The molecule has 0 saturated carbocycles. The molecule has 0 amide bonds. The first-order valence-electron chi connectivity index (χ1n) is 7.37. The van der Waals surface area contributed by atoms with Gasteiger partial charge in [-0.05, 0) is 37.5 Å². The fraction of sp³-hybridized carbons (Fsp3) is 0.500. The van der Waals surface area contributed by atoms with Crippen molar-refractivity contribution in [1.29, 1.82) is 0 Å². The number of rotatable bonds is 7. The minimum atomic E-state index is -0.750. The minimum Gasteiger partial charge on any atom is -0.379 e. The second-order valence-electron chi connectivity index (χ2n) is 5.44. The molecule has 0 radical (unpaired) electrons. The van der Waals surface area contributed by atoms with E-state index in [9.17, 15) is 0 Å². The van der Waals surface area contributed by atoms with Crippen molar-refractivity contribution in [3.05, 3.63) is 35.7 Å². The van der Waals surface area contributed by atoms with Gasteiger partial charge >= 0.3 is 0 Å². The first-order valence-corrected chi connectivity index (χ1v) is 7.37. The standard InChI is InChI=1S/C16H23N3O2/c1-4-10-20-11-16(3,17)15-18-14(21-19-15)13-8-6-12(5-2)7-9-13/h6-9H,4-5,10-11,17H2,1-3H3. The summed E-state index contributed by atoms with van der Waals surface area (Å²) in [6.07, 6.45) is 1.96. The third kappa shape index (κ3) is 3.89. The Morgan fingerprint density at radius 1 is 1.24 bits per heavy atom. The lowest BCUT2D eigenvalue weighted by molar-refractivity contribution is 0.0867. The van der Waals surface area contributed by atoms with E-state index in [1.165, 1.54) is 5.56 Å². The fourth-order valence-electron chi connectivity index (χ4n) is 1.95. The van der Waals surface area contributed by atoms with Crippen LogP contribution in [0, 0.1) is 0 Å². The third-order valence-corrected chi connectivity index (χ3v) is 3.30. The molecular weight excluding hydrogens is 266 g/mol. The molecule has 1 aromatic carbocycles. The van der Waals surface area contributed by atoms with Gasteiger partial charge in [0.1, 0.15) is 5.54 Å². The molecule has 0 saturated heterocycles. The van der Waals surface area contributed by atoms with E-state index in [4.69, 9.17) is 15.0 Å². The van der Waals surface area contributed by atoms with Crippen LogP contribution in [-0.4, -0.2) is 23.4 Å². The lowest BCUT2D eigenvalue weighted by atomic mass is 10.1. The van der Waals surface area contributed by atoms with Crippen LogP contribution in [0.1, 0.15) is 38.6 Å². The Morgan fingerprint density at radius 3 is 2.57 bits per heavy atom. The highest BCUT2D eigenvalue weighted by molar-refractivity contribution is 5.53. The number of hydrogen-bond acceptors (Lipinski definition) is 5. The molecule has 0 aliphatic rings. The average Bonchev–Trinajstić information content (AvgIpc) is 2.98. The zero-order valence-electron chi connectivity index (χ0n) is 12.9. The van der Waals surface area contributed by atoms with E-state index >= 15 is 0 Å². The van der Waals surface area contributed by atoms with Crippen molar-refractivity contribution < 1.29 is 9.26 Å². The van der Waals surface area contributed by atoms with Gasteiger partial charge < -0.3 is 15.0 Å². The molecule has 114 valence electrons. The largest absolute Gasteiger partial charge is 0.379 e. The number of nitrogens with two attached hydrogens (primary N) is 1. The Labute approximate surface area is 125 Å². The summed E-state index contributed by atoms with van der Waals surface area (Å²) < 4.78 is 10.8. The van der Waals surface area contributed by atoms with Gasteiger partial charge in [-0.25, -0.2) is 0 Å². The number of aromatic nitrogens is 2. The van der Waals surface area contributed by atoms with Gasteiger partial charge in [-0.15, -0.1) is 0 Å².